The van der Waals surface area contributed by atoms with Crippen molar-refractivity contribution >= 4 is 11.7 Å². The van der Waals surface area contributed by atoms with E-state index in [4.69, 9.17) is 0 Å². The molecular weight excluding hydrogens is 166 g/mol. The molecule has 0 radical (unpaired) electrons. The molecule has 13 heavy (non-hydrogen) atoms. The molecule has 0 bridgehead atoms. The molecule has 3 heteroatoms. The summed E-state index contributed by atoms with van der Waals surface area (Å²) in [6.07, 6.45) is 1.24. The summed E-state index contributed by atoms with van der Waals surface area (Å²) < 4.78 is 0. The van der Waals surface area contributed by atoms with Crippen LogP contribution in [0, 0.1) is 5.92 Å². The summed E-state index contributed by atoms with van der Waals surface area (Å²) in [5.41, 5.74) is 0. The molecule has 1 heterocycles. The summed E-state index contributed by atoms with van der Waals surface area (Å²) in [6, 6.07) is 0. The minimum Gasteiger partial charge on any atom is -0.346 e. The van der Waals surface area contributed by atoms with Gasteiger partial charge in [0.1, 0.15) is 5.78 Å². The van der Waals surface area contributed by atoms with Crippen molar-refractivity contribution in [3.05, 3.63) is 0 Å². The quantitative estimate of drug-likeness (QED) is 0.620. The number of amides is 1. The zero-order valence-corrected chi connectivity index (χ0v) is 8.96. The summed E-state index contributed by atoms with van der Waals surface area (Å²) in [6.45, 7) is 6.28. The molecule has 3 nitrogen and oxygen atoms in total. The van der Waals surface area contributed by atoms with Crippen molar-refractivity contribution in [3.63, 3.8) is 0 Å². The van der Waals surface area contributed by atoms with Crippen LogP contribution in [0.25, 0.3) is 0 Å². The zero-order chi connectivity index (χ0) is 10.4. The maximum absolute atomic E-state index is 11.1. The van der Waals surface area contributed by atoms with Crippen LogP contribution in [0.1, 0.15) is 33.6 Å². The second-order valence-corrected chi connectivity index (χ2v) is 3.12. The second-order valence-electron chi connectivity index (χ2n) is 3.12. The highest BCUT2D eigenvalue weighted by Crippen LogP contribution is 2.17. The van der Waals surface area contributed by atoms with Crippen LogP contribution in [0.3, 0.4) is 0 Å². The number of hydrogen-bond acceptors (Lipinski definition) is 2. The van der Waals surface area contributed by atoms with Crippen molar-refractivity contribution in [1.82, 2.24) is 4.90 Å². The molecule has 0 aliphatic carbocycles. The molecule has 1 unspecified atom stereocenters. The van der Waals surface area contributed by atoms with Crippen molar-refractivity contribution in [1.29, 1.82) is 0 Å². The highest BCUT2D eigenvalue weighted by Gasteiger charge is 2.25. The predicted molar refractivity (Wildman–Crippen MR) is 52.4 cm³/mol. The zero-order valence-electron chi connectivity index (χ0n) is 8.96. The molecule has 0 N–H and O–H groups in total. The van der Waals surface area contributed by atoms with E-state index in [0.29, 0.717) is 6.42 Å². The average Bonchev–Trinajstić information content (AvgIpc) is 2.13. The Morgan fingerprint density at radius 1 is 1.46 bits per heavy atom. The van der Waals surface area contributed by atoms with Gasteiger partial charge in [0.05, 0.1) is 0 Å². The van der Waals surface area contributed by atoms with E-state index >= 15 is 0 Å². The highest BCUT2D eigenvalue weighted by molar-refractivity contribution is 5.86. The molecule has 0 aromatic rings. The van der Waals surface area contributed by atoms with Crippen molar-refractivity contribution in [2.24, 2.45) is 5.92 Å². The van der Waals surface area contributed by atoms with Crippen molar-refractivity contribution < 1.29 is 9.59 Å². The Hall–Kier alpha value is -0.860. The highest BCUT2D eigenvalue weighted by atomic mass is 16.2. The van der Waals surface area contributed by atoms with Gasteiger partial charge in [0, 0.05) is 25.9 Å². The number of carbonyl (C=O) groups is 2. The van der Waals surface area contributed by atoms with Gasteiger partial charge >= 0.3 is 0 Å². The van der Waals surface area contributed by atoms with E-state index in [0.717, 1.165) is 13.0 Å². The molecule has 1 saturated heterocycles. The lowest BCUT2D eigenvalue weighted by atomic mass is 9.93. The number of Topliss-reactive ketones (excluding diaryl/α,β-unsaturated/α-hetero) is 1. The smallest absolute Gasteiger partial charge is 0.223 e. The molecule has 0 aromatic carbocycles. The fourth-order valence-corrected chi connectivity index (χ4v) is 1.29. The molecule has 0 saturated carbocycles. The molecule has 0 aromatic heterocycles. The Bertz CT molecular complexity index is 189. The van der Waals surface area contributed by atoms with Gasteiger partial charge in [-0.25, -0.2) is 0 Å². The second kappa shape index (κ2) is 5.73. The maximum Gasteiger partial charge on any atom is 0.223 e. The molecule has 1 atom stereocenters. The molecule has 1 aliphatic rings. The number of likely N-dealkylation sites (tertiary alicyclic amines) is 1. The van der Waals surface area contributed by atoms with Gasteiger partial charge < -0.3 is 4.90 Å². The van der Waals surface area contributed by atoms with Crippen LogP contribution in [0.2, 0.25) is 0 Å². The lowest BCUT2D eigenvalue weighted by Crippen LogP contribution is -2.37. The number of nitrogens with zero attached hydrogens (tertiary/aromatic N) is 1. The first-order valence-corrected chi connectivity index (χ1v) is 4.85. The van der Waals surface area contributed by atoms with Gasteiger partial charge in [-0.3, -0.25) is 9.59 Å². The minimum absolute atomic E-state index is 0.0151. The number of ketones is 1. The van der Waals surface area contributed by atoms with Crippen LogP contribution < -0.4 is 0 Å². The van der Waals surface area contributed by atoms with E-state index in [-0.39, 0.29) is 17.6 Å². The molecular formula is C10H19NO2. The fourth-order valence-electron chi connectivity index (χ4n) is 1.29. The van der Waals surface area contributed by atoms with E-state index in [9.17, 15) is 9.59 Å². The van der Waals surface area contributed by atoms with Gasteiger partial charge in [0.15, 0.2) is 0 Å². The third kappa shape index (κ3) is 3.57. The van der Waals surface area contributed by atoms with Crippen LogP contribution >= 0.6 is 0 Å². The Morgan fingerprint density at radius 3 is 2.38 bits per heavy atom. The Balaban J connectivity index is 0.000000671. The van der Waals surface area contributed by atoms with Crippen LogP contribution in [0.5, 0.6) is 0 Å². The van der Waals surface area contributed by atoms with Gasteiger partial charge in [-0.05, 0) is 13.3 Å². The van der Waals surface area contributed by atoms with Gasteiger partial charge in [0.25, 0.3) is 0 Å². The molecule has 76 valence electrons. The standard InChI is InChI=1S/C8H13NO2.C2H6/c1-6(10)7-3-4-9(2)8(11)5-7;1-2/h7H,3-5H2,1-2H3;1-2H3. The third-order valence-corrected chi connectivity index (χ3v) is 2.23. The van der Waals surface area contributed by atoms with Gasteiger partial charge in [-0.2, -0.15) is 0 Å². The van der Waals surface area contributed by atoms with E-state index in [1.54, 1.807) is 18.9 Å². The SMILES string of the molecule is CC.CC(=O)C1CCN(C)C(=O)C1. The lowest BCUT2D eigenvalue weighted by Gasteiger charge is -2.26. The normalized spacial score (nSPS) is 22.0. The Morgan fingerprint density at radius 2 is 2.00 bits per heavy atom. The summed E-state index contributed by atoms with van der Waals surface area (Å²) >= 11 is 0. The predicted octanol–water partition coefficient (Wildman–Crippen LogP) is 1.47. The number of hydrogen-bond donors (Lipinski definition) is 0. The van der Waals surface area contributed by atoms with E-state index < -0.39 is 0 Å². The first-order chi connectivity index (χ1) is 6.11. The molecule has 1 aliphatic heterocycles. The summed E-state index contributed by atoms with van der Waals surface area (Å²) in [5, 5.41) is 0. The van der Waals surface area contributed by atoms with Crippen LogP contribution in [0.4, 0.5) is 0 Å². The maximum atomic E-state index is 11.1. The Kier molecular flexibility index (Phi) is 5.35. The number of rotatable bonds is 1. The summed E-state index contributed by atoms with van der Waals surface area (Å²) in [7, 11) is 1.78. The largest absolute Gasteiger partial charge is 0.346 e. The molecule has 1 amide bonds. The topological polar surface area (TPSA) is 37.4 Å². The average molecular weight is 185 g/mol. The van der Waals surface area contributed by atoms with Crippen molar-refractivity contribution in [2.75, 3.05) is 13.6 Å². The van der Waals surface area contributed by atoms with E-state index in [2.05, 4.69) is 0 Å². The fraction of sp³-hybridized carbons (Fsp3) is 0.800. The monoisotopic (exact) mass is 185 g/mol. The lowest BCUT2D eigenvalue weighted by molar-refractivity contribution is -0.137. The van der Waals surface area contributed by atoms with E-state index in [1.807, 2.05) is 13.8 Å². The van der Waals surface area contributed by atoms with Crippen molar-refractivity contribution in [2.45, 2.75) is 33.6 Å². The van der Waals surface area contributed by atoms with E-state index in [1.165, 1.54) is 0 Å². The van der Waals surface area contributed by atoms with Crippen LogP contribution in [-0.2, 0) is 9.59 Å². The molecule has 0 spiro atoms. The van der Waals surface area contributed by atoms with Gasteiger partial charge in [0.2, 0.25) is 5.91 Å². The van der Waals surface area contributed by atoms with Crippen LogP contribution in [0.15, 0.2) is 0 Å². The molecule has 1 fully saturated rings. The first kappa shape index (κ1) is 12.1. The first-order valence-electron chi connectivity index (χ1n) is 4.85. The summed E-state index contributed by atoms with van der Waals surface area (Å²) in [4.78, 5) is 23.6. The third-order valence-electron chi connectivity index (χ3n) is 2.23. The van der Waals surface area contributed by atoms with Gasteiger partial charge in [-0.1, -0.05) is 13.8 Å². The summed E-state index contributed by atoms with van der Waals surface area (Å²) in [5.74, 6) is 0.224. The minimum atomic E-state index is -0.0151. The van der Waals surface area contributed by atoms with Crippen LogP contribution in [-0.4, -0.2) is 30.2 Å². The van der Waals surface area contributed by atoms with Crippen molar-refractivity contribution in [3.8, 4) is 0 Å². The molecule has 1 rings (SSSR count). The van der Waals surface area contributed by atoms with Gasteiger partial charge in [-0.15, -0.1) is 0 Å². The Labute approximate surface area is 80.1 Å². The number of piperidine rings is 1. The number of carbonyl (C=O) groups excluding carboxylic acids is 2.